The van der Waals surface area contributed by atoms with Crippen LogP contribution in [-0.2, 0) is 6.54 Å². The van der Waals surface area contributed by atoms with Crippen LogP contribution in [0.5, 0.6) is 0 Å². The third kappa shape index (κ3) is 1.40. The molecule has 4 heteroatoms. The summed E-state index contributed by atoms with van der Waals surface area (Å²) in [6, 6.07) is 1.70. The van der Waals surface area contributed by atoms with E-state index in [0.717, 1.165) is 5.69 Å². The molecule has 5 N–H and O–H groups in total. The summed E-state index contributed by atoms with van der Waals surface area (Å²) in [5.41, 5.74) is 12.5. The van der Waals surface area contributed by atoms with Crippen molar-refractivity contribution in [2.24, 2.45) is 11.5 Å². The van der Waals surface area contributed by atoms with E-state index in [0.29, 0.717) is 17.8 Å². The highest BCUT2D eigenvalue weighted by molar-refractivity contribution is 5.94. The second kappa shape index (κ2) is 2.75. The Morgan fingerprint density at radius 2 is 2.36 bits per heavy atom. The van der Waals surface area contributed by atoms with Crippen LogP contribution in [-0.4, -0.2) is 10.9 Å². The van der Waals surface area contributed by atoms with Gasteiger partial charge in [-0.05, 0) is 13.0 Å². The van der Waals surface area contributed by atoms with Gasteiger partial charge in [0.05, 0.1) is 5.56 Å². The number of nitrogens with two attached hydrogens (primary N) is 2. The predicted octanol–water partition coefficient (Wildman–Crippen LogP) is -0.119. The fraction of sp³-hybridized carbons (Fsp3) is 0.286. The van der Waals surface area contributed by atoms with Crippen LogP contribution in [0.4, 0.5) is 0 Å². The Morgan fingerprint density at radius 1 is 1.73 bits per heavy atom. The van der Waals surface area contributed by atoms with Gasteiger partial charge in [-0.25, -0.2) is 0 Å². The fourth-order valence-electron chi connectivity index (χ4n) is 1.03. The Kier molecular flexibility index (Phi) is 1.96. The summed E-state index contributed by atoms with van der Waals surface area (Å²) in [7, 11) is 0. The largest absolute Gasteiger partial charge is 0.366 e. The molecule has 0 atom stereocenters. The zero-order valence-electron chi connectivity index (χ0n) is 6.35. The zero-order chi connectivity index (χ0) is 8.43. The normalized spacial score (nSPS) is 10.0. The van der Waals surface area contributed by atoms with Crippen LogP contribution in [0, 0.1) is 6.92 Å². The smallest absolute Gasteiger partial charge is 0.250 e. The van der Waals surface area contributed by atoms with Crippen molar-refractivity contribution in [3.05, 3.63) is 23.0 Å². The van der Waals surface area contributed by atoms with Crippen molar-refractivity contribution in [3.63, 3.8) is 0 Å². The van der Waals surface area contributed by atoms with Crippen LogP contribution >= 0.6 is 0 Å². The molecule has 0 bridgehead atoms. The van der Waals surface area contributed by atoms with E-state index in [9.17, 15) is 4.79 Å². The summed E-state index contributed by atoms with van der Waals surface area (Å²) in [5.74, 6) is -0.435. The molecule has 0 aliphatic rings. The Bertz CT molecular complexity index is 277. The standard InChI is InChI=1S/C7H11N3O/c1-4-2-5(7(9)11)6(3-8)10-4/h2,10H,3,8H2,1H3,(H2,9,11). The van der Waals surface area contributed by atoms with E-state index in [4.69, 9.17) is 11.5 Å². The summed E-state index contributed by atoms with van der Waals surface area (Å²) < 4.78 is 0. The number of carbonyl (C=O) groups is 1. The van der Waals surface area contributed by atoms with E-state index in [-0.39, 0.29) is 0 Å². The van der Waals surface area contributed by atoms with E-state index in [1.54, 1.807) is 6.07 Å². The van der Waals surface area contributed by atoms with Gasteiger partial charge in [0.2, 0.25) is 0 Å². The van der Waals surface area contributed by atoms with Gasteiger partial charge in [-0.15, -0.1) is 0 Å². The number of aromatic nitrogens is 1. The average molecular weight is 153 g/mol. The van der Waals surface area contributed by atoms with Gasteiger partial charge < -0.3 is 16.5 Å². The van der Waals surface area contributed by atoms with Crippen molar-refractivity contribution >= 4 is 5.91 Å². The lowest BCUT2D eigenvalue weighted by Gasteiger charge is -1.93. The van der Waals surface area contributed by atoms with Gasteiger partial charge in [0.25, 0.3) is 5.91 Å². The van der Waals surface area contributed by atoms with Gasteiger partial charge in [-0.1, -0.05) is 0 Å². The third-order valence-electron chi connectivity index (χ3n) is 1.50. The molecule has 1 aromatic heterocycles. The highest BCUT2D eigenvalue weighted by atomic mass is 16.1. The topological polar surface area (TPSA) is 84.9 Å². The van der Waals surface area contributed by atoms with Crippen molar-refractivity contribution in [2.45, 2.75) is 13.5 Å². The molecule has 60 valence electrons. The molecule has 1 heterocycles. The molecule has 0 aromatic carbocycles. The van der Waals surface area contributed by atoms with E-state index in [1.807, 2.05) is 6.92 Å². The molecule has 0 unspecified atom stereocenters. The Morgan fingerprint density at radius 3 is 2.73 bits per heavy atom. The predicted molar refractivity (Wildman–Crippen MR) is 41.9 cm³/mol. The monoisotopic (exact) mass is 153 g/mol. The van der Waals surface area contributed by atoms with E-state index in [1.165, 1.54) is 0 Å². The lowest BCUT2D eigenvalue weighted by molar-refractivity contribution is 0.0999. The van der Waals surface area contributed by atoms with Crippen LogP contribution < -0.4 is 11.5 Å². The molecule has 0 fully saturated rings. The molecule has 1 rings (SSSR count). The minimum absolute atomic E-state index is 0.312. The number of rotatable bonds is 2. The molecular formula is C7H11N3O. The SMILES string of the molecule is Cc1cc(C(N)=O)c(CN)[nH]1. The molecule has 0 aliphatic heterocycles. The minimum Gasteiger partial charge on any atom is -0.366 e. The maximum Gasteiger partial charge on any atom is 0.250 e. The second-order valence-corrected chi connectivity index (χ2v) is 2.41. The lowest BCUT2D eigenvalue weighted by atomic mass is 10.2. The lowest BCUT2D eigenvalue weighted by Crippen LogP contribution is -2.13. The number of amides is 1. The maximum atomic E-state index is 10.7. The quantitative estimate of drug-likeness (QED) is 0.553. The van der Waals surface area contributed by atoms with E-state index >= 15 is 0 Å². The van der Waals surface area contributed by atoms with Gasteiger partial charge in [0.1, 0.15) is 0 Å². The number of hydrogen-bond donors (Lipinski definition) is 3. The van der Waals surface area contributed by atoms with Crippen LogP contribution in [0.15, 0.2) is 6.07 Å². The molecule has 0 saturated carbocycles. The average Bonchev–Trinajstić information content (AvgIpc) is 2.30. The summed E-state index contributed by atoms with van der Waals surface area (Å²) >= 11 is 0. The number of hydrogen-bond acceptors (Lipinski definition) is 2. The molecule has 0 saturated heterocycles. The van der Waals surface area contributed by atoms with Crippen LogP contribution in [0.2, 0.25) is 0 Å². The minimum atomic E-state index is -0.435. The number of carbonyl (C=O) groups excluding carboxylic acids is 1. The van der Waals surface area contributed by atoms with Gasteiger partial charge in [0, 0.05) is 17.9 Å². The van der Waals surface area contributed by atoms with Crippen LogP contribution in [0.25, 0.3) is 0 Å². The molecule has 11 heavy (non-hydrogen) atoms. The molecule has 1 aromatic rings. The van der Waals surface area contributed by atoms with Crippen molar-refractivity contribution in [1.82, 2.24) is 4.98 Å². The molecule has 0 radical (unpaired) electrons. The highest BCUT2D eigenvalue weighted by Crippen LogP contribution is 2.08. The van der Waals surface area contributed by atoms with Crippen LogP contribution in [0.1, 0.15) is 21.7 Å². The van der Waals surface area contributed by atoms with Crippen molar-refractivity contribution in [2.75, 3.05) is 0 Å². The van der Waals surface area contributed by atoms with Crippen molar-refractivity contribution < 1.29 is 4.79 Å². The van der Waals surface area contributed by atoms with E-state index in [2.05, 4.69) is 4.98 Å². The summed E-state index contributed by atoms with van der Waals surface area (Å²) in [4.78, 5) is 13.7. The van der Waals surface area contributed by atoms with Gasteiger partial charge >= 0.3 is 0 Å². The number of primary amides is 1. The molecule has 1 amide bonds. The highest BCUT2D eigenvalue weighted by Gasteiger charge is 2.08. The fourth-order valence-corrected chi connectivity index (χ4v) is 1.03. The zero-order valence-corrected chi connectivity index (χ0v) is 6.35. The van der Waals surface area contributed by atoms with E-state index < -0.39 is 5.91 Å². The number of H-pyrrole nitrogens is 1. The Balaban J connectivity index is 3.12. The first-order valence-corrected chi connectivity index (χ1v) is 3.33. The number of aromatic amines is 1. The van der Waals surface area contributed by atoms with Gasteiger partial charge in [-0.2, -0.15) is 0 Å². The van der Waals surface area contributed by atoms with Crippen LogP contribution in [0.3, 0.4) is 0 Å². The molecular weight excluding hydrogens is 142 g/mol. The summed E-state index contributed by atoms with van der Waals surface area (Å²) in [5, 5.41) is 0. The van der Waals surface area contributed by atoms with Crippen molar-refractivity contribution in [3.8, 4) is 0 Å². The van der Waals surface area contributed by atoms with Gasteiger partial charge in [-0.3, -0.25) is 4.79 Å². The molecule has 4 nitrogen and oxygen atoms in total. The molecule has 0 spiro atoms. The number of nitrogens with one attached hydrogen (secondary N) is 1. The number of aryl methyl sites for hydroxylation is 1. The first kappa shape index (κ1) is 7.81. The molecule has 0 aliphatic carbocycles. The second-order valence-electron chi connectivity index (χ2n) is 2.41. The summed E-state index contributed by atoms with van der Waals surface area (Å²) in [6.45, 7) is 2.16. The van der Waals surface area contributed by atoms with Crippen molar-refractivity contribution in [1.29, 1.82) is 0 Å². The Labute approximate surface area is 64.6 Å². The third-order valence-corrected chi connectivity index (χ3v) is 1.50. The first-order chi connectivity index (χ1) is 5.15. The maximum absolute atomic E-state index is 10.7. The Hall–Kier alpha value is -1.29. The summed E-state index contributed by atoms with van der Waals surface area (Å²) in [6.07, 6.45) is 0. The van der Waals surface area contributed by atoms with Gasteiger partial charge in [0.15, 0.2) is 0 Å². The first-order valence-electron chi connectivity index (χ1n) is 3.33.